The first-order chi connectivity index (χ1) is 7.70. The maximum absolute atomic E-state index is 5.76. The van der Waals surface area contributed by atoms with Gasteiger partial charge in [0.15, 0.2) is 0 Å². The number of methoxy groups -OCH3 is 1. The summed E-state index contributed by atoms with van der Waals surface area (Å²) in [4.78, 5) is 4.26. The van der Waals surface area contributed by atoms with E-state index in [-0.39, 0.29) is 0 Å². The summed E-state index contributed by atoms with van der Waals surface area (Å²) >= 11 is 0. The average Bonchev–Trinajstić information content (AvgIpc) is 2.31. The SMILES string of the molecule is COc1cc(-c2ccc(C)nc2)ccc1N. The Morgan fingerprint density at radius 1 is 1.12 bits per heavy atom. The molecular formula is C13H14N2O. The minimum atomic E-state index is 0.645. The van der Waals surface area contributed by atoms with Gasteiger partial charge in [-0.25, -0.2) is 0 Å². The Morgan fingerprint density at radius 2 is 1.88 bits per heavy atom. The van der Waals surface area contributed by atoms with Crippen LogP contribution in [-0.2, 0) is 0 Å². The van der Waals surface area contributed by atoms with Gasteiger partial charge in [0.05, 0.1) is 12.8 Å². The summed E-state index contributed by atoms with van der Waals surface area (Å²) < 4.78 is 5.19. The molecule has 0 saturated heterocycles. The van der Waals surface area contributed by atoms with E-state index < -0.39 is 0 Å². The highest BCUT2D eigenvalue weighted by molar-refractivity contribution is 5.69. The molecule has 0 spiro atoms. The zero-order chi connectivity index (χ0) is 11.5. The summed E-state index contributed by atoms with van der Waals surface area (Å²) in [5.41, 5.74) is 9.53. The number of anilines is 1. The number of rotatable bonds is 2. The predicted octanol–water partition coefficient (Wildman–Crippen LogP) is 2.65. The molecule has 0 unspecified atom stereocenters. The smallest absolute Gasteiger partial charge is 0.142 e. The van der Waals surface area contributed by atoms with Gasteiger partial charge in [-0.05, 0) is 30.7 Å². The van der Waals surface area contributed by atoms with Crippen LogP contribution in [0, 0.1) is 6.92 Å². The third-order valence-corrected chi connectivity index (χ3v) is 2.48. The molecule has 0 aliphatic heterocycles. The first-order valence-corrected chi connectivity index (χ1v) is 5.07. The van der Waals surface area contributed by atoms with Gasteiger partial charge in [0.25, 0.3) is 0 Å². The third-order valence-electron chi connectivity index (χ3n) is 2.48. The van der Waals surface area contributed by atoms with Crippen molar-refractivity contribution < 1.29 is 4.74 Å². The number of benzene rings is 1. The van der Waals surface area contributed by atoms with Gasteiger partial charge in [0, 0.05) is 17.5 Å². The number of ether oxygens (including phenoxy) is 1. The van der Waals surface area contributed by atoms with Crippen LogP contribution in [-0.4, -0.2) is 12.1 Å². The van der Waals surface area contributed by atoms with Crippen LogP contribution in [0.4, 0.5) is 5.69 Å². The van der Waals surface area contributed by atoms with Crippen LogP contribution in [0.25, 0.3) is 11.1 Å². The number of aromatic nitrogens is 1. The Bertz CT molecular complexity index is 492. The highest BCUT2D eigenvalue weighted by Crippen LogP contribution is 2.28. The first kappa shape index (κ1) is 10.5. The molecule has 2 rings (SSSR count). The highest BCUT2D eigenvalue weighted by atomic mass is 16.5. The van der Waals surface area contributed by atoms with Crippen molar-refractivity contribution in [2.24, 2.45) is 0 Å². The van der Waals surface area contributed by atoms with Crippen molar-refractivity contribution in [3.8, 4) is 16.9 Å². The molecule has 0 atom stereocenters. The van der Waals surface area contributed by atoms with Crippen LogP contribution in [0.2, 0.25) is 0 Å². The topological polar surface area (TPSA) is 48.1 Å². The molecule has 1 heterocycles. The second-order valence-corrected chi connectivity index (χ2v) is 3.64. The zero-order valence-corrected chi connectivity index (χ0v) is 9.40. The summed E-state index contributed by atoms with van der Waals surface area (Å²) in [6, 6.07) is 9.74. The van der Waals surface area contributed by atoms with Crippen LogP contribution in [0.5, 0.6) is 5.75 Å². The Kier molecular flexibility index (Phi) is 2.77. The fourth-order valence-corrected chi connectivity index (χ4v) is 1.53. The number of pyridine rings is 1. The van der Waals surface area contributed by atoms with E-state index in [1.165, 1.54) is 0 Å². The van der Waals surface area contributed by atoms with Crippen molar-refractivity contribution in [2.75, 3.05) is 12.8 Å². The summed E-state index contributed by atoms with van der Waals surface area (Å²) in [6.07, 6.45) is 1.85. The van der Waals surface area contributed by atoms with Gasteiger partial charge in [-0.1, -0.05) is 12.1 Å². The summed E-state index contributed by atoms with van der Waals surface area (Å²) in [5, 5.41) is 0. The first-order valence-electron chi connectivity index (χ1n) is 5.07. The molecule has 0 saturated carbocycles. The normalized spacial score (nSPS) is 10.1. The Labute approximate surface area is 94.9 Å². The number of hydrogen-bond donors (Lipinski definition) is 1. The molecule has 0 aliphatic carbocycles. The van der Waals surface area contributed by atoms with Gasteiger partial charge in [0.1, 0.15) is 5.75 Å². The van der Waals surface area contributed by atoms with Crippen molar-refractivity contribution in [3.63, 3.8) is 0 Å². The van der Waals surface area contributed by atoms with E-state index in [2.05, 4.69) is 4.98 Å². The molecule has 16 heavy (non-hydrogen) atoms. The van der Waals surface area contributed by atoms with Gasteiger partial charge in [-0.15, -0.1) is 0 Å². The maximum Gasteiger partial charge on any atom is 0.142 e. The predicted molar refractivity (Wildman–Crippen MR) is 65.4 cm³/mol. The Hall–Kier alpha value is -2.03. The van der Waals surface area contributed by atoms with Gasteiger partial charge in [-0.2, -0.15) is 0 Å². The highest BCUT2D eigenvalue weighted by Gasteiger charge is 2.03. The van der Waals surface area contributed by atoms with Gasteiger partial charge >= 0.3 is 0 Å². The molecule has 0 fully saturated rings. The average molecular weight is 214 g/mol. The molecule has 0 aliphatic rings. The number of hydrogen-bond acceptors (Lipinski definition) is 3. The summed E-state index contributed by atoms with van der Waals surface area (Å²) in [7, 11) is 1.61. The lowest BCUT2D eigenvalue weighted by molar-refractivity contribution is 0.417. The van der Waals surface area contributed by atoms with Crippen molar-refractivity contribution in [2.45, 2.75) is 6.92 Å². The van der Waals surface area contributed by atoms with E-state index >= 15 is 0 Å². The number of nitrogens with two attached hydrogens (primary N) is 1. The molecule has 82 valence electrons. The number of aryl methyl sites for hydroxylation is 1. The van der Waals surface area contributed by atoms with Crippen molar-refractivity contribution >= 4 is 5.69 Å². The van der Waals surface area contributed by atoms with Crippen LogP contribution >= 0.6 is 0 Å². The van der Waals surface area contributed by atoms with Crippen LogP contribution < -0.4 is 10.5 Å². The van der Waals surface area contributed by atoms with E-state index in [9.17, 15) is 0 Å². The van der Waals surface area contributed by atoms with E-state index in [1.54, 1.807) is 7.11 Å². The monoisotopic (exact) mass is 214 g/mol. The van der Waals surface area contributed by atoms with Gasteiger partial charge < -0.3 is 10.5 Å². The van der Waals surface area contributed by atoms with E-state index in [0.29, 0.717) is 11.4 Å². The fraction of sp³-hybridized carbons (Fsp3) is 0.154. The van der Waals surface area contributed by atoms with Crippen molar-refractivity contribution in [1.82, 2.24) is 4.98 Å². The molecular weight excluding hydrogens is 200 g/mol. The molecule has 3 nitrogen and oxygen atoms in total. The molecule has 3 heteroatoms. The minimum absolute atomic E-state index is 0.645. The van der Waals surface area contributed by atoms with Crippen LogP contribution in [0.1, 0.15) is 5.69 Å². The van der Waals surface area contributed by atoms with Crippen molar-refractivity contribution in [1.29, 1.82) is 0 Å². The van der Waals surface area contributed by atoms with E-state index in [0.717, 1.165) is 16.8 Å². The molecule has 1 aromatic heterocycles. The summed E-state index contributed by atoms with van der Waals surface area (Å²) in [6.45, 7) is 1.97. The maximum atomic E-state index is 5.76. The van der Waals surface area contributed by atoms with E-state index in [4.69, 9.17) is 10.5 Å². The molecule has 2 aromatic rings. The second kappa shape index (κ2) is 4.23. The second-order valence-electron chi connectivity index (χ2n) is 3.64. The number of nitrogen functional groups attached to an aromatic ring is 1. The molecule has 0 radical (unpaired) electrons. The van der Waals surface area contributed by atoms with Crippen LogP contribution in [0.3, 0.4) is 0 Å². The van der Waals surface area contributed by atoms with Gasteiger partial charge in [0.2, 0.25) is 0 Å². The summed E-state index contributed by atoms with van der Waals surface area (Å²) in [5.74, 6) is 0.693. The lowest BCUT2D eigenvalue weighted by Gasteiger charge is -2.07. The minimum Gasteiger partial charge on any atom is -0.495 e. The Morgan fingerprint density at radius 3 is 2.50 bits per heavy atom. The number of nitrogens with zero attached hydrogens (tertiary/aromatic N) is 1. The lowest BCUT2D eigenvalue weighted by atomic mass is 10.1. The van der Waals surface area contributed by atoms with Crippen LogP contribution in [0.15, 0.2) is 36.5 Å². The standard InChI is InChI=1S/C13H14N2O/c1-9-3-4-11(8-15-9)10-5-6-12(14)13(7-10)16-2/h3-8H,14H2,1-2H3. The lowest BCUT2D eigenvalue weighted by Crippen LogP contribution is -1.92. The molecule has 2 N–H and O–H groups in total. The van der Waals surface area contributed by atoms with Crippen molar-refractivity contribution in [3.05, 3.63) is 42.2 Å². The Balaban J connectivity index is 2.44. The van der Waals surface area contributed by atoms with E-state index in [1.807, 2.05) is 43.5 Å². The van der Waals surface area contributed by atoms with Gasteiger partial charge in [-0.3, -0.25) is 4.98 Å². The molecule has 1 aromatic carbocycles. The third kappa shape index (κ3) is 1.98. The molecule has 0 bridgehead atoms. The largest absolute Gasteiger partial charge is 0.495 e. The fourth-order valence-electron chi connectivity index (χ4n) is 1.53. The zero-order valence-electron chi connectivity index (χ0n) is 9.40. The quantitative estimate of drug-likeness (QED) is 0.782. The molecule has 0 amide bonds.